The van der Waals surface area contributed by atoms with Gasteiger partial charge >= 0.3 is 5.97 Å². The molecule has 9 heavy (non-hydrogen) atoms. The quantitative estimate of drug-likeness (QED) is 0.522. The van der Waals surface area contributed by atoms with E-state index in [1.807, 2.05) is 0 Å². The van der Waals surface area contributed by atoms with E-state index in [1.165, 1.54) is 6.92 Å². The third-order valence-electron chi connectivity index (χ3n) is 0.648. The van der Waals surface area contributed by atoms with Gasteiger partial charge in [0.05, 0.1) is 6.61 Å². The first-order valence-corrected chi connectivity index (χ1v) is 3.36. The molecule has 0 heterocycles. The fourth-order valence-corrected chi connectivity index (χ4v) is 0.377. The van der Waals surface area contributed by atoms with Gasteiger partial charge in [0.25, 0.3) is 0 Å². The first-order valence-electron chi connectivity index (χ1n) is 2.57. The van der Waals surface area contributed by atoms with E-state index in [9.17, 15) is 4.79 Å². The van der Waals surface area contributed by atoms with Crippen LogP contribution in [0.2, 0.25) is 0 Å². The summed E-state index contributed by atoms with van der Waals surface area (Å²) >= 11 is 2.73. The van der Waals surface area contributed by atoms with Crippen LogP contribution >= 0.6 is 15.9 Å². The lowest BCUT2D eigenvalue weighted by Crippen LogP contribution is -2.29. The molecule has 0 rings (SSSR count). The van der Waals surface area contributed by atoms with E-state index < -0.39 is 10.5 Å². The molecule has 0 aromatic carbocycles. The summed E-state index contributed by atoms with van der Waals surface area (Å²) in [6, 6.07) is 0. The Morgan fingerprint density at radius 3 is 2.44 bits per heavy atom. The SMILES string of the molecule is CCOC(=O)[C@@](C)(O)Br. The summed E-state index contributed by atoms with van der Waals surface area (Å²) < 4.78 is 2.93. The third-order valence-corrected chi connectivity index (χ3v) is 0.972. The second kappa shape index (κ2) is 3.17. The zero-order valence-corrected chi connectivity index (χ0v) is 6.93. The maximum Gasteiger partial charge on any atom is 0.349 e. The van der Waals surface area contributed by atoms with Crippen LogP contribution in [-0.4, -0.2) is 22.2 Å². The molecule has 3 nitrogen and oxygen atoms in total. The number of alkyl halides is 1. The molecule has 0 saturated heterocycles. The summed E-state index contributed by atoms with van der Waals surface area (Å²) in [5, 5.41) is 8.86. The molecule has 54 valence electrons. The number of hydrogen-bond donors (Lipinski definition) is 1. The molecule has 0 aromatic rings. The Balaban J connectivity index is 3.74. The molecule has 0 unspecified atom stereocenters. The average Bonchev–Trinajstić information content (AvgIpc) is 1.64. The van der Waals surface area contributed by atoms with Crippen LogP contribution in [0.4, 0.5) is 0 Å². The van der Waals surface area contributed by atoms with Gasteiger partial charge in [-0.05, 0) is 29.8 Å². The smallest absolute Gasteiger partial charge is 0.349 e. The normalized spacial score (nSPS) is 16.4. The zero-order chi connectivity index (χ0) is 7.49. The van der Waals surface area contributed by atoms with Crippen LogP contribution in [0.5, 0.6) is 0 Å². The maximum absolute atomic E-state index is 10.5. The molecule has 0 bridgehead atoms. The molecule has 0 fully saturated rings. The van der Waals surface area contributed by atoms with Gasteiger partial charge in [0, 0.05) is 0 Å². The highest BCUT2D eigenvalue weighted by Gasteiger charge is 2.27. The number of hydrogen-bond acceptors (Lipinski definition) is 3. The van der Waals surface area contributed by atoms with E-state index in [2.05, 4.69) is 20.7 Å². The van der Waals surface area contributed by atoms with Crippen molar-refractivity contribution in [2.24, 2.45) is 0 Å². The lowest BCUT2D eigenvalue weighted by Gasteiger charge is -2.11. The van der Waals surface area contributed by atoms with Gasteiger partial charge in [-0.3, -0.25) is 0 Å². The number of ether oxygens (including phenoxy) is 1. The number of aliphatic hydroxyl groups is 1. The minimum atomic E-state index is -1.54. The van der Waals surface area contributed by atoms with Crippen molar-refractivity contribution in [2.75, 3.05) is 6.61 Å². The van der Waals surface area contributed by atoms with Crippen LogP contribution in [0, 0.1) is 0 Å². The van der Waals surface area contributed by atoms with Gasteiger partial charge in [-0.25, -0.2) is 4.79 Å². The van der Waals surface area contributed by atoms with E-state index in [-0.39, 0.29) is 6.61 Å². The van der Waals surface area contributed by atoms with E-state index in [4.69, 9.17) is 5.11 Å². The minimum absolute atomic E-state index is 0.278. The van der Waals surface area contributed by atoms with E-state index in [0.717, 1.165) is 0 Å². The van der Waals surface area contributed by atoms with Crippen molar-refractivity contribution in [1.29, 1.82) is 0 Å². The highest BCUT2D eigenvalue weighted by Crippen LogP contribution is 2.13. The molecule has 4 heteroatoms. The monoisotopic (exact) mass is 196 g/mol. The molecule has 0 aliphatic carbocycles. The topological polar surface area (TPSA) is 46.5 Å². The first kappa shape index (κ1) is 8.91. The molecule has 0 saturated carbocycles. The molecule has 1 N–H and O–H groups in total. The Hall–Kier alpha value is -0.0900. The van der Waals surface area contributed by atoms with Gasteiger partial charge in [0.15, 0.2) is 0 Å². The van der Waals surface area contributed by atoms with Crippen LogP contribution in [0.1, 0.15) is 13.8 Å². The molecular formula is C5H9BrO3. The second-order valence-corrected chi connectivity index (χ2v) is 3.22. The van der Waals surface area contributed by atoms with Crippen LogP contribution in [0.3, 0.4) is 0 Å². The van der Waals surface area contributed by atoms with E-state index in [1.54, 1.807) is 6.92 Å². The number of carbonyl (C=O) groups excluding carboxylic acids is 1. The van der Waals surface area contributed by atoms with Gasteiger partial charge in [0.1, 0.15) is 0 Å². The summed E-state index contributed by atoms with van der Waals surface area (Å²) in [4.78, 5) is 10.5. The zero-order valence-electron chi connectivity index (χ0n) is 5.35. The number of halogens is 1. The standard InChI is InChI=1S/C5H9BrO3/c1-3-9-4(7)5(2,6)8/h8H,3H2,1-2H3/t5-/m1/s1. The van der Waals surface area contributed by atoms with Crippen LogP contribution < -0.4 is 0 Å². The van der Waals surface area contributed by atoms with Crippen molar-refractivity contribution >= 4 is 21.9 Å². The van der Waals surface area contributed by atoms with Crippen molar-refractivity contribution in [2.45, 2.75) is 18.4 Å². The Bertz CT molecular complexity index is 105. The third kappa shape index (κ3) is 3.48. The van der Waals surface area contributed by atoms with Crippen LogP contribution in [0.15, 0.2) is 0 Å². The fraction of sp³-hybridized carbons (Fsp3) is 0.800. The Labute approximate surface area is 62.1 Å². The molecule has 0 aliphatic rings. The van der Waals surface area contributed by atoms with Crippen LogP contribution in [-0.2, 0) is 9.53 Å². The van der Waals surface area contributed by atoms with Crippen molar-refractivity contribution in [1.82, 2.24) is 0 Å². The second-order valence-electron chi connectivity index (χ2n) is 1.67. The molecular weight excluding hydrogens is 188 g/mol. The molecule has 0 aromatic heterocycles. The first-order chi connectivity index (χ1) is 3.98. The number of esters is 1. The summed E-state index contributed by atoms with van der Waals surface area (Å²) in [7, 11) is 0. The van der Waals surface area contributed by atoms with Gasteiger partial charge in [-0.1, -0.05) is 0 Å². The summed E-state index contributed by atoms with van der Waals surface area (Å²) in [6.07, 6.45) is 0. The molecule has 0 radical (unpaired) electrons. The lowest BCUT2D eigenvalue weighted by atomic mass is 10.4. The molecule has 1 atom stereocenters. The van der Waals surface area contributed by atoms with Crippen molar-refractivity contribution in [3.05, 3.63) is 0 Å². The fourth-order valence-electron chi connectivity index (χ4n) is 0.263. The van der Waals surface area contributed by atoms with Crippen LogP contribution in [0.25, 0.3) is 0 Å². The van der Waals surface area contributed by atoms with Gasteiger partial charge in [-0.2, -0.15) is 0 Å². The molecule has 0 spiro atoms. The van der Waals surface area contributed by atoms with E-state index >= 15 is 0 Å². The van der Waals surface area contributed by atoms with Gasteiger partial charge in [0.2, 0.25) is 4.51 Å². The Morgan fingerprint density at radius 1 is 1.89 bits per heavy atom. The highest BCUT2D eigenvalue weighted by atomic mass is 79.9. The van der Waals surface area contributed by atoms with Crippen molar-refractivity contribution in [3.8, 4) is 0 Å². The summed E-state index contributed by atoms with van der Waals surface area (Å²) in [5.74, 6) is -0.662. The van der Waals surface area contributed by atoms with E-state index in [0.29, 0.717) is 0 Å². The summed E-state index contributed by atoms with van der Waals surface area (Å²) in [6.45, 7) is 3.27. The number of carbonyl (C=O) groups is 1. The van der Waals surface area contributed by atoms with Gasteiger partial charge < -0.3 is 9.84 Å². The van der Waals surface area contributed by atoms with Crippen molar-refractivity contribution < 1.29 is 14.6 Å². The minimum Gasteiger partial charge on any atom is -0.463 e. The predicted molar refractivity (Wildman–Crippen MR) is 36.2 cm³/mol. The lowest BCUT2D eigenvalue weighted by molar-refractivity contribution is -0.154. The Kier molecular flexibility index (Phi) is 3.14. The highest BCUT2D eigenvalue weighted by molar-refractivity contribution is 9.10. The Morgan fingerprint density at radius 2 is 2.33 bits per heavy atom. The number of rotatable bonds is 2. The van der Waals surface area contributed by atoms with Gasteiger partial charge in [-0.15, -0.1) is 0 Å². The predicted octanol–water partition coefficient (Wildman–Crippen LogP) is 0.653. The maximum atomic E-state index is 10.5. The largest absolute Gasteiger partial charge is 0.463 e. The average molecular weight is 197 g/mol. The molecule has 0 aliphatic heterocycles. The summed E-state index contributed by atoms with van der Waals surface area (Å²) in [5.41, 5.74) is 0. The van der Waals surface area contributed by atoms with Crippen molar-refractivity contribution in [3.63, 3.8) is 0 Å². The molecule has 0 amide bonds.